The van der Waals surface area contributed by atoms with Gasteiger partial charge in [-0.25, -0.2) is 0 Å². The SMILES string of the molecule is CC1CC(O)(CO)CN1C1CC1. The van der Waals surface area contributed by atoms with Crippen LogP contribution in [0.25, 0.3) is 0 Å². The largest absolute Gasteiger partial charge is 0.393 e. The van der Waals surface area contributed by atoms with Gasteiger partial charge in [0.2, 0.25) is 0 Å². The van der Waals surface area contributed by atoms with Crippen LogP contribution in [0.3, 0.4) is 0 Å². The molecule has 2 N–H and O–H groups in total. The normalized spacial score (nSPS) is 43.8. The van der Waals surface area contributed by atoms with Crippen molar-refractivity contribution in [1.29, 1.82) is 0 Å². The standard InChI is InChI=1S/C9H17NO2/c1-7-4-9(12,6-11)5-10(7)8-2-3-8/h7-8,11-12H,2-6H2,1H3. The first-order chi connectivity index (χ1) is 5.64. The monoisotopic (exact) mass is 171 g/mol. The Morgan fingerprint density at radius 3 is 2.58 bits per heavy atom. The third-order valence-corrected chi connectivity index (χ3v) is 3.03. The van der Waals surface area contributed by atoms with Crippen molar-refractivity contribution >= 4 is 0 Å². The van der Waals surface area contributed by atoms with Crippen LogP contribution in [0.15, 0.2) is 0 Å². The average Bonchev–Trinajstić information content (AvgIpc) is 2.80. The van der Waals surface area contributed by atoms with Gasteiger partial charge >= 0.3 is 0 Å². The Hall–Kier alpha value is -0.120. The fraction of sp³-hybridized carbons (Fsp3) is 1.00. The van der Waals surface area contributed by atoms with Gasteiger partial charge in [-0.1, -0.05) is 0 Å². The van der Waals surface area contributed by atoms with Crippen LogP contribution in [0.1, 0.15) is 26.2 Å². The zero-order valence-corrected chi connectivity index (χ0v) is 7.53. The van der Waals surface area contributed by atoms with Crippen LogP contribution >= 0.6 is 0 Å². The predicted molar refractivity (Wildman–Crippen MR) is 45.8 cm³/mol. The number of hydrogen-bond donors (Lipinski definition) is 2. The number of rotatable bonds is 2. The van der Waals surface area contributed by atoms with E-state index in [1.165, 1.54) is 12.8 Å². The first-order valence-corrected chi connectivity index (χ1v) is 4.74. The Morgan fingerprint density at radius 1 is 1.50 bits per heavy atom. The zero-order chi connectivity index (χ0) is 8.77. The Balaban J connectivity index is 2.00. The van der Waals surface area contributed by atoms with E-state index in [-0.39, 0.29) is 6.61 Å². The highest BCUT2D eigenvalue weighted by Crippen LogP contribution is 2.36. The summed E-state index contributed by atoms with van der Waals surface area (Å²) < 4.78 is 0. The van der Waals surface area contributed by atoms with E-state index < -0.39 is 5.60 Å². The van der Waals surface area contributed by atoms with Gasteiger partial charge in [0.25, 0.3) is 0 Å². The van der Waals surface area contributed by atoms with Gasteiger partial charge in [-0.3, -0.25) is 4.90 Å². The molecular weight excluding hydrogens is 154 g/mol. The topological polar surface area (TPSA) is 43.7 Å². The van der Waals surface area contributed by atoms with Crippen molar-refractivity contribution in [2.75, 3.05) is 13.2 Å². The molecule has 3 heteroatoms. The van der Waals surface area contributed by atoms with Gasteiger partial charge in [0.1, 0.15) is 5.60 Å². The van der Waals surface area contributed by atoms with Gasteiger partial charge in [0.05, 0.1) is 6.61 Å². The summed E-state index contributed by atoms with van der Waals surface area (Å²) in [5, 5.41) is 18.8. The van der Waals surface area contributed by atoms with Crippen molar-refractivity contribution in [2.24, 2.45) is 0 Å². The van der Waals surface area contributed by atoms with Crippen LogP contribution in [0, 0.1) is 0 Å². The maximum absolute atomic E-state index is 9.83. The van der Waals surface area contributed by atoms with E-state index in [4.69, 9.17) is 5.11 Å². The number of hydrogen-bond acceptors (Lipinski definition) is 3. The van der Waals surface area contributed by atoms with Crippen LogP contribution < -0.4 is 0 Å². The molecule has 0 aromatic heterocycles. The van der Waals surface area contributed by atoms with Crippen molar-refractivity contribution in [2.45, 2.75) is 43.9 Å². The zero-order valence-electron chi connectivity index (χ0n) is 7.53. The van der Waals surface area contributed by atoms with Gasteiger partial charge in [-0.05, 0) is 26.2 Å². The van der Waals surface area contributed by atoms with Crippen LogP contribution in [0.5, 0.6) is 0 Å². The molecule has 12 heavy (non-hydrogen) atoms. The van der Waals surface area contributed by atoms with E-state index in [0.717, 1.165) is 6.42 Å². The fourth-order valence-electron chi connectivity index (χ4n) is 2.24. The molecule has 3 nitrogen and oxygen atoms in total. The maximum Gasteiger partial charge on any atom is 0.102 e. The summed E-state index contributed by atoms with van der Waals surface area (Å²) in [6, 6.07) is 1.13. The number of likely N-dealkylation sites (tertiary alicyclic amines) is 1. The third kappa shape index (κ3) is 1.37. The van der Waals surface area contributed by atoms with E-state index in [2.05, 4.69) is 11.8 Å². The molecule has 0 spiro atoms. The highest BCUT2D eigenvalue weighted by atomic mass is 16.3. The third-order valence-electron chi connectivity index (χ3n) is 3.03. The molecule has 70 valence electrons. The summed E-state index contributed by atoms with van der Waals surface area (Å²) in [7, 11) is 0. The van der Waals surface area contributed by atoms with E-state index in [1.807, 2.05) is 0 Å². The molecule has 1 heterocycles. The van der Waals surface area contributed by atoms with Gasteiger partial charge in [-0.15, -0.1) is 0 Å². The van der Waals surface area contributed by atoms with Gasteiger partial charge in [-0.2, -0.15) is 0 Å². The molecule has 1 saturated carbocycles. The van der Waals surface area contributed by atoms with Crippen LogP contribution in [-0.4, -0.2) is 45.9 Å². The van der Waals surface area contributed by atoms with Crippen LogP contribution in [0.2, 0.25) is 0 Å². The van der Waals surface area contributed by atoms with E-state index in [1.54, 1.807) is 0 Å². The fourth-order valence-corrected chi connectivity index (χ4v) is 2.24. The molecule has 0 bridgehead atoms. The molecule has 1 saturated heterocycles. The van der Waals surface area contributed by atoms with Crippen molar-refractivity contribution in [3.63, 3.8) is 0 Å². The molecule has 0 amide bonds. The lowest BCUT2D eigenvalue weighted by atomic mass is 10.0. The van der Waals surface area contributed by atoms with Crippen molar-refractivity contribution in [3.8, 4) is 0 Å². The van der Waals surface area contributed by atoms with Gasteiger partial charge < -0.3 is 10.2 Å². The minimum absolute atomic E-state index is 0.0967. The summed E-state index contributed by atoms with van der Waals surface area (Å²) in [6.07, 6.45) is 3.26. The summed E-state index contributed by atoms with van der Waals surface area (Å²) >= 11 is 0. The Morgan fingerprint density at radius 2 is 2.17 bits per heavy atom. The lowest BCUT2D eigenvalue weighted by Gasteiger charge is -2.21. The lowest BCUT2D eigenvalue weighted by Crippen LogP contribution is -2.37. The first kappa shape index (κ1) is 8.48. The second-order valence-corrected chi connectivity index (χ2v) is 4.34. The first-order valence-electron chi connectivity index (χ1n) is 4.74. The van der Waals surface area contributed by atoms with Gasteiger partial charge in [0, 0.05) is 18.6 Å². The second-order valence-electron chi connectivity index (χ2n) is 4.34. The highest BCUT2D eigenvalue weighted by Gasteiger charge is 2.45. The van der Waals surface area contributed by atoms with Crippen molar-refractivity contribution in [1.82, 2.24) is 4.90 Å². The number of aliphatic hydroxyl groups excluding tert-OH is 1. The number of β-amino-alcohol motifs (C(OH)–C–C–N with tert-alkyl or cyclic N) is 1. The quantitative estimate of drug-likeness (QED) is 0.613. The summed E-state index contributed by atoms with van der Waals surface area (Å²) in [5.74, 6) is 0. The molecule has 2 aliphatic rings. The molecule has 1 aliphatic heterocycles. The summed E-state index contributed by atoms with van der Waals surface area (Å²) in [4.78, 5) is 2.33. The van der Waals surface area contributed by atoms with Gasteiger partial charge in [0.15, 0.2) is 0 Å². The highest BCUT2D eigenvalue weighted by molar-refractivity contribution is 5.00. The molecule has 2 unspecified atom stereocenters. The summed E-state index contributed by atoms with van der Waals surface area (Å²) in [5.41, 5.74) is -0.817. The number of nitrogens with zero attached hydrogens (tertiary/aromatic N) is 1. The van der Waals surface area contributed by atoms with E-state index in [0.29, 0.717) is 18.6 Å². The van der Waals surface area contributed by atoms with Crippen LogP contribution in [0.4, 0.5) is 0 Å². The molecule has 2 fully saturated rings. The average molecular weight is 171 g/mol. The molecule has 2 atom stereocenters. The Bertz CT molecular complexity index is 181. The molecule has 2 rings (SSSR count). The van der Waals surface area contributed by atoms with E-state index in [9.17, 15) is 5.11 Å². The summed E-state index contributed by atoms with van der Waals surface area (Å²) in [6.45, 7) is 2.70. The molecular formula is C9H17NO2. The minimum Gasteiger partial charge on any atom is -0.393 e. The van der Waals surface area contributed by atoms with Crippen molar-refractivity contribution < 1.29 is 10.2 Å². The van der Waals surface area contributed by atoms with Crippen LogP contribution in [-0.2, 0) is 0 Å². The molecule has 0 aromatic rings. The molecule has 0 aromatic carbocycles. The predicted octanol–water partition coefficient (Wildman–Crippen LogP) is -0.0336. The molecule has 1 aliphatic carbocycles. The van der Waals surface area contributed by atoms with E-state index >= 15 is 0 Å². The van der Waals surface area contributed by atoms with Crippen molar-refractivity contribution in [3.05, 3.63) is 0 Å². The smallest absolute Gasteiger partial charge is 0.102 e. The Kier molecular flexibility index (Phi) is 1.90. The number of aliphatic hydroxyl groups is 2. The Labute approximate surface area is 73.0 Å². The maximum atomic E-state index is 9.83. The minimum atomic E-state index is -0.817. The lowest BCUT2D eigenvalue weighted by molar-refractivity contribution is -0.00598. The second kappa shape index (κ2) is 2.69. The molecule has 0 radical (unpaired) electrons.